The topological polar surface area (TPSA) is 35.5 Å². The van der Waals surface area contributed by atoms with Gasteiger partial charge in [-0.25, -0.2) is 4.79 Å². The van der Waals surface area contributed by atoms with E-state index in [1.54, 1.807) is 0 Å². The predicted molar refractivity (Wildman–Crippen MR) is 84.3 cm³/mol. The summed E-state index contributed by atoms with van der Waals surface area (Å²) in [7, 11) is 0. The van der Waals surface area contributed by atoms with Gasteiger partial charge in [0.2, 0.25) is 0 Å². The molecule has 2 atom stereocenters. The molecule has 3 spiro atoms. The Morgan fingerprint density at radius 3 is 1.77 bits per heavy atom. The second kappa shape index (κ2) is 4.87. The van der Waals surface area contributed by atoms with Gasteiger partial charge < -0.3 is 9.47 Å². The number of fused-ring (bicyclic) bond motifs is 2. The van der Waals surface area contributed by atoms with Crippen molar-refractivity contribution in [3.05, 3.63) is 48.6 Å². The van der Waals surface area contributed by atoms with Gasteiger partial charge in [-0.1, -0.05) is 55.7 Å². The summed E-state index contributed by atoms with van der Waals surface area (Å²) in [5, 5.41) is 0. The predicted octanol–water partition coefficient (Wildman–Crippen LogP) is 4.61. The van der Waals surface area contributed by atoms with E-state index in [1.807, 2.05) is 24.3 Å². The van der Waals surface area contributed by atoms with Gasteiger partial charge in [-0.05, 0) is 25.0 Å². The van der Waals surface area contributed by atoms with Crippen molar-refractivity contribution in [2.75, 3.05) is 0 Å². The van der Waals surface area contributed by atoms with Gasteiger partial charge in [-0.15, -0.1) is 0 Å². The first-order valence-electron chi connectivity index (χ1n) is 8.33. The maximum atomic E-state index is 12.3. The second-order valence-electron chi connectivity index (χ2n) is 6.86. The molecule has 0 bridgehead atoms. The lowest BCUT2D eigenvalue weighted by molar-refractivity contribution is -0.232. The summed E-state index contributed by atoms with van der Waals surface area (Å²) in [4.78, 5) is 12.3. The summed E-state index contributed by atoms with van der Waals surface area (Å²) < 4.78 is 11.8. The van der Waals surface area contributed by atoms with Gasteiger partial charge in [0.1, 0.15) is 11.2 Å². The summed E-state index contributed by atoms with van der Waals surface area (Å²) in [5.41, 5.74) is -1.30. The first-order chi connectivity index (χ1) is 10.7. The Morgan fingerprint density at radius 1 is 0.773 bits per heavy atom. The van der Waals surface area contributed by atoms with Crippen LogP contribution in [0.4, 0.5) is 4.79 Å². The van der Waals surface area contributed by atoms with Gasteiger partial charge in [0.25, 0.3) is 0 Å². The molecule has 2 fully saturated rings. The molecule has 0 N–H and O–H groups in total. The number of rotatable bonds is 0. The highest BCUT2D eigenvalue weighted by Crippen LogP contribution is 2.62. The molecule has 1 saturated carbocycles. The van der Waals surface area contributed by atoms with E-state index in [9.17, 15) is 4.79 Å². The van der Waals surface area contributed by atoms with Crippen LogP contribution in [0.5, 0.6) is 0 Å². The van der Waals surface area contributed by atoms with Gasteiger partial charge in [0, 0.05) is 12.8 Å². The number of carbonyl (C=O) groups excluding carboxylic acids is 1. The minimum absolute atomic E-state index is 0.172. The molecule has 0 amide bonds. The Balaban J connectivity index is 1.88. The minimum Gasteiger partial charge on any atom is -0.422 e. The number of hydrogen-bond acceptors (Lipinski definition) is 3. The van der Waals surface area contributed by atoms with E-state index in [0.29, 0.717) is 0 Å². The SMILES string of the molecule is O=C1OC2(C=CC=CC2)C2(CCCCC2)C2(C=CC=CC2)O1. The fourth-order valence-electron chi connectivity index (χ4n) is 4.94. The Morgan fingerprint density at radius 2 is 1.32 bits per heavy atom. The van der Waals surface area contributed by atoms with Crippen LogP contribution in [0.15, 0.2) is 48.6 Å². The minimum atomic E-state index is -0.562. The highest BCUT2D eigenvalue weighted by molar-refractivity contribution is 5.65. The van der Waals surface area contributed by atoms with E-state index in [2.05, 4.69) is 24.3 Å². The molecule has 2 unspecified atom stereocenters. The van der Waals surface area contributed by atoms with Crippen LogP contribution in [-0.4, -0.2) is 17.4 Å². The van der Waals surface area contributed by atoms with Crippen LogP contribution in [0.1, 0.15) is 44.9 Å². The van der Waals surface area contributed by atoms with Gasteiger partial charge >= 0.3 is 6.16 Å². The molecular weight excluding hydrogens is 276 g/mol. The second-order valence-corrected chi connectivity index (χ2v) is 6.86. The highest BCUT2D eigenvalue weighted by atomic mass is 16.8. The molecular formula is C19H22O3. The van der Waals surface area contributed by atoms with E-state index in [1.165, 1.54) is 19.3 Å². The third kappa shape index (κ3) is 1.71. The van der Waals surface area contributed by atoms with Crippen molar-refractivity contribution in [1.29, 1.82) is 0 Å². The van der Waals surface area contributed by atoms with E-state index >= 15 is 0 Å². The van der Waals surface area contributed by atoms with Crippen LogP contribution in [0.2, 0.25) is 0 Å². The monoisotopic (exact) mass is 298 g/mol. The smallest absolute Gasteiger partial charge is 0.422 e. The molecule has 1 heterocycles. The van der Waals surface area contributed by atoms with Crippen molar-refractivity contribution in [2.45, 2.75) is 56.1 Å². The molecule has 0 aromatic carbocycles. The zero-order chi connectivity index (χ0) is 15.1. The van der Waals surface area contributed by atoms with E-state index in [-0.39, 0.29) is 5.41 Å². The molecule has 3 aliphatic carbocycles. The summed E-state index contributed by atoms with van der Waals surface area (Å²) in [6.07, 6.45) is 23.2. The Hall–Kier alpha value is -1.77. The van der Waals surface area contributed by atoms with Crippen molar-refractivity contribution < 1.29 is 14.3 Å². The Bertz CT molecular complexity index is 548. The lowest BCUT2D eigenvalue weighted by Gasteiger charge is -2.61. The first kappa shape index (κ1) is 13.9. The maximum absolute atomic E-state index is 12.3. The average molecular weight is 298 g/mol. The molecule has 22 heavy (non-hydrogen) atoms. The van der Waals surface area contributed by atoms with Crippen molar-refractivity contribution in [2.24, 2.45) is 5.41 Å². The van der Waals surface area contributed by atoms with Crippen LogP contribution >= 0.6 is 0 Å². The fourth-order valence-corrected chi connectivity index (χ4v) is 4.94. The third-order valence-electron chi connectivity index (χ3n) is 5.93. The van der Waals surface area contributed by atoms with Gasteiger partial charge in [-0.3, -0.25) is 0 Å². The van der Waals surface area contributed by atoms with Crippen molar-refractivity contribution in [3.8, 4) is 0 Å². The molecule has 116 valence electrons. The van der Waals surface area contributed by atoms with Crippen molar-refractivity contribution >= 4 is 6.16 Å². The Labute approximate surface area is 131 Å². The van der Waals surface area contributed by atoms with Gasteiger partial charge in [0.15, 0.2) is 0 Å². The van der Waals surface area contributed by atoms with Crippen LogP contribution in [0, 0.1) is 5.41 Å². The van der Waals surface area contributed by atoms with E-state index in [4.69, 9.17) is 9.47 Å². The van der Waals surface area contributed by atoms with Crippen LogP contribution in [0.3, 0.4) is 0 Å². The number of carbonyl (C=O) groups is 1. The maximum Gasteiger partial charge on any atom is 0.510 e. The largest absolute Gasteiger partial charge is 0.510 e. The summed E-state index contributed by atoms with van der Waals surface area (Å²) in [5.74, 6) is 0. The molecule has 0 aromatic rings. The van der Waals surface area contributed by atoms with Crippen LogP contribution < -0.4 is 0 Å². The molecule has 3 heteroatoms. The fraction of sp³-hybridized carbons (Fsp3) is 0.526. The molecule has 3 nitrogen and oxygen atoms in total. The molecule has 1 aliphatic heterocycles. The van der Waals surface area contributed by atoms with Gasteiger partial charge in [-0.2, -0.15) is 0 Å². The van der Waals surface area contributed by atoms with Gasteiger partial charge in [0.05, 0.1) is 5.41 Å². The standard InChI is InChI=1S/C19H22O3/c20-16-21-18(12-6-2-7-13-18)17(10-4-1-5-11-17)19(22-16)14-8-3-9-15-19/h2-3,6-9,12,14H,1,4-5,10-11,13,15H2. The number of ether oxygens (including phenoxy) is 2. The lowest BCUT2D eigenvalue weighted by Crippen LogP contribution is -2.68. The Kier molecular flexibility index (Phi) is 3.07. The molecule has 0 radical (unpaired) electrons. The summed E-state index contributed by atoms with van der Waals surface area (Å²) in [6.45, 7) is 0. The zero-order valence-electron chi connectivity index (χ0n) is 12.8. The summed E-state index contributed by atoms with van der Waals surface area (Å²) in [6, 6.07) is 0. The van der Waals surface area contributed by atoms with E-state index in [0.717, 1.165) is 25.7 Å². The molecule has 4 aliphatic rings. The number of allylic oxidation sites excluding steroid dienone is 4. The first-order valence-corrected chi connectivity index (χ1v) is 8.33. The summed E-state index contributed by atoms with van der Waals surface area (Å²) >= 11 is 0. The lowest BCUT2D eigenvalue weighted by atomic mass is 9.51. The van der Waals surface area contributed by atoms with Crippen LogP contribution in [-0.2, 0) is 9.47 Å². The van der Waals surface area contributed by atoms with Crippen molar-refractivity contribution in [1.82, 2.24) is 0 Å². The molecule has 0 aromatic heterocycles. The third-order valence-corrected chi connectivity index (χ3v) is 5.93. The molecule has 4 rings (SSSR count). The average Bonchev–Trinajstić information content (AvgIpc) is 2.56. The van der Waals surface area contributed by atoms with Crippen molar-refractivity contribution in [3.63, 3.8) is 0 Å². The van der Waals surface area contributed by atoms with Crippen LogP contribution in [0.25, 0.3) is 0 Å². The highest BCUT2D eigenvalue weighted by Gasteiger charge is 2.67. The quantitative estimate of drug-likeness (QED) is 0.612. The number of hydrogen-bond donors (Lipinski definition) is 0. The zero-order valence-corrected chi connectivity index (χ0v) is 12.8. The normalized spacial score (nSPS) is 38.5. The molecule has 1 saturated heterocycles. The van der Waals surface area contributed by atoms with E-state index < -0.39 is 17.4 Å².